The molecule has 3 heterocycles. The Morgan fingerprint density at radius 2 is 2.22 bits per heavy atom. The van der Waals surface area contributed by atoms with Crippen LogP contribution < -0.4 is 5.32 Å². The van der Waals surface area contributed by atoms with Gasteiger partial charge in [-0.1, -0.05) is 13.8 Å². The van der Waals surface area contributed by atoms with Crippen molar-refractivity contribution in [3.63, 3.8) is 0 Å². The van der Waals surface area contributed by atoms with E-state index in [1.54, 1.807) is 0 Å². The molecule has 0 aliphatic carbocycles. The summed E-state index contributed by atoms with van der Waals surface area (Å²) < 4.78 is 2.42. The number of aromatic nitrogens is 2. The summed E-state index contributed by atoms with van der Waals surface area (Å²) in [6, 6.07) is 1.94. The lowest BCUT2D eigenvalue weighted by molar-refractivity contribution is 0.287. The van der Waals surface area contributed by atoms with Crippen LogP contribution in [0.25, 0.3) is 0 Å². The normalized spacial score (nSPS) is 28.2. The van der Waals surface area contributed by atoms with Gasteiger partial charge in [0.2, 0.25) is 0 Å². The fraction of sp³-hybridized carbons (Fsp3) is 0.786. The second-order valence-corrected chi connectivity index (χ2v) is 5.93. The van der Waals surface area contributed by atoms with Crippen molar-refractivity contribution in [2.45, 2.75) is 57.8 Å². The Morgan fingerprint density at radius 1 is 1.33 bits per heavy atom. The summed E-state index contributed by atoms with van der Waals surface area (Å²) in [4.78, 5) is 7.02. The highest BCUT2D eigenvalue weighted by Crippen LogP contribution is 2.36. The summed E-state index contributed by atoms with van der Waals surface area (Å²) in [6.07, 6.45) is 8.07. The first-order valence-corrected chi connectivity index (χ1v) is 7.24. The zero-order valence-corrected chi connectivity index (χ0v) is 11.5. The van der Waals surface area contributed by atoms with Gasteiger partial charge in [0.05, 0.1) is 18.1 Å². The van der Waals surface area contributed by atoms with Crippen LogP contribution in [0.4, 0.5) is 0 Å². The maximum Gasteiger partial charge on any atom is 0.0951 e. The van der Waals surface area contributed by atoms with Crippen molar-refractivity contribution in [2.75, 3.05) is 13.1 Å². The third-order valence-electron chi connectivity index (χ3n) is 4.37. The predicted octanol–water partition coefficient (Wildman–Crippen LogP) is 1.79. The third-order valence-corrected chi connectivity index (χ3v) is 4.37. The summed E-state index contributed by atoms with van der Waals surface area (Å²) in [6.45, 7) is 7.88. The summed E-state index contributed by atoms with van der Waals surface area (Å²) in [5.74, 6) is 0. The van der Waals surface area contributed by atoms with Crippen LogP contribution in [0.3, 0.4) is 0 Å². The van der Waals surface area contributed by atoms with Crippen molar-refractivity contribution < 1.29 is 0 Å². The molecule has 4 nitrogen and oxygen atoms in total. The van der Waals surface area contributed by atoms with Gasteiger partial charge in [-0.2, -0.15) is 0 Å². The minimum absolute atomic E-state index is 0.528. The number of rotatable bonds is 4. The van der Waals surface area contributed by atoms with Crippen molar-refractivity contribution in [3.05, 3.63) is 18.2 Å². The van der Waals surface area contributed by atoms with Crippen molar-refractivity contribution in [1.82, 2.24) is 19.8 Å². The minimum Gasteiger partial charge on any atom is -0.329 e. The van der Waals surface area contributed by atoms with Crippen LogP contribution in [0, 0.1) is 0 Å². The van der Waals surface area contributed by atoms with Gasteiger partial charge in [-0.15, -0.1) is 0 Å². The minimum atomic E-state index is 0.528. The highest BCUT2D eigenvalue weighted by molar-refractivity contribution is 5.05. The van der Waals surface area contributed by atoms with E-state index in [2.05, 4.69) is 33.6 Å². The molecule has 1 aromatic rings. The largest absolute Gasteiger partial charge is 0.329 e. The molecule has 0 saturated carbocycles. The van der Waals surface area contributed by atoms with E-state index in [0.29, 0.717) is 12.1 Å². The molecule has 2 aliphatic heterocycles. The molecular weight excluding hydrogens is 224 g/mol. The van der Waals surface area contributed by atoms with E-state index in [1.807, 2.05) is 12.5 Å². The van der Waals surface area contributed by atoms with Crippen LogP contribution in [0.5, 0.6) is 0 Å². The number of hydrogen-bond acceptors (Lipinski definition) is 3. The molecule has 2 fully saturated rings. The number of nitrogens with one attached hydrogen (secondary N) is 1. The molecule has 2 unspecified atom stereocenters. The van der Waals surface area contributed by atoms with E-state index in [9.17, 15) is 0 Å². The van der Waals surface area contributed by atoms with Gasteiger partial charge < -0.3 is 9.88 Å². The molecule has 0 spiro atoms. The van der Waals surface area contributed by atoms with Crippen LogP contribution in [0.15, 0.2) is 12.5 Å². The van der Waals surface area contributed by atoms with E-state index in [1.165, 1.54) is 38.0 Å². The van der Waals surface area contributed by atoms with Gasteiger partial charge in [0.1, 0.15) is 0 Å². The molecule has 0 aromatic carbocycles. The average molecular weight is 248 g/mol. The molecular formula is C14H24N4. The maximum atomic E-state index is 4.36. The molecule has 100 valence electrons. The van der Waals surface area contributed by atoms with Gasteiger partial charge in [-0.05, 0) is 25.8 Å². The number of imidazole rings is 1. The lowest BCUT2D eigenvalue weighted by Gasteiger charge is -2.23. The van der Waals surface area contributed by atoms with E-state index in [0.717, 1.165) is 12.6 Å². The molecule has 3 rings (SSSR count). The zero-order valence-electron chi connectivity index (χ0n) is 11.5. The van der Waals surface area contributed by atoms with E-state index in [-0.39, 0.29) is 0 Å². The zero-order chi connectivity index (χ0) is 12.5. The van der Waals surface area contributed by atoms with Gasteiger partial charge in [0.25, 0.3) is 0 Å². The second kappa shape index (κ2) is 5.02. The van der Waals surface area contributed by atoms with Crippen molar-refractivity contribution in [1.29, 1.82) is 0 Å². The van der Waals surface area contributed by atoms with Crippen LogP contribution in [-0.4, -0.2) is 39.6 Å². The smallest absolute Gasteiger partial charge is 0.0951 e. The Labute approximate surface area is 109 Å². The molecule has 0 amide bonds. The van der Waals surface area contributed by atoms with Gasteiger partial charge in [0, 0.05) is 31.4 Å². The average Bonchev–Trinajstić information content (AvgIpc) is 3.01. The second-order valence-electron chi connectivity index (χ2n) is 5.93. The molecule has 2 saturated heterocycles. The monoisotopic (exact) mass is 248 g/mol. The molecule has 2 aliphatic rings. The highest BCUT2D eigenvalue weighted by Gasteiger charge is 2.38. The Kier molecular flexibility index (Phi) is 3.39. The number of nitrogens with zero attached hydrogens (tertiary/aromatic N) is 3. The first kappa shape index (κ1) is 12.2. The standard InChI is InChI=1S/C14H24N4/c1-11(2)16-9-12-8-15-10-18(12)14-5-7-17-6-3-4-13(14)17/h8,10-11,13-14,16H,3-7,9H2,1-2H3. The molecule has 2 atom stereocenters. The van der Waals surface area contributed by atoms with Gasteiger partial charge in [-0.25, -0.2) is 4.98 Å². The molecule has 0 radical (unpaired) electrons. The van der Waals surface area contributed by atoms with Crippen LogP contribution in [0.2, 0.25) is 0 Å². The first-order chi connectivity index (χ1) is 8.75. The Bertz CT molecular complexity index is 398. The van der Waals surface area contributed by atoms with Gasteiger partial charge in [-0.3, -0.25) is 4.90 Å². The van der Waals surface area contributed by atoms with Crippen LogP contribution in [0.1, 0.15) is 44.8 Å². The molecule has 1 N–H and O–H groups in total. The molecule has 18 heavy (non-hydrogen) atoms. The lowest BCUT2D eigenvalue weighted by Crippen LogP contribution is -2.29. The topological polar surface area (TPSA) is 33.1 Å². The van der Waals surface area contributed by atoms with Gasteiger partial charge >= 0.3 is 0 Å². The van der Waals surface area contributed by atoms with Crippen molar-refractivity contribution in [2.24, 2.45) is 0 Å². The Hall–Kier alpha value is -0.870. The number of fused-ring (bicyclic) bond motifs is 1. The molecule has 4 heteroatoms. The fourth-order valence-electron chi connectivity index (χ4n) is 3.46. The van der Waals surface area contributed by atoms with Crippen molar-refractivity contribution in [3.8, 4) is 0 Å². The van der Waals surface area contributed by atoms with E-state index in [4.69, 9.17) is 0 Å². The van der Waals surface area contributed by atoms with Crippen molar-refractivity contribution >= 4 is 0 Å². The number of hydrogen-bond donors (Lipinski definition) is 1. The van der Waals surface area contributed by atoms with E-state index >= 15 is 0 Å². The quantitative estimate of drug-likeness (QED) is 0.882. The predicted molar refractivity (Wildman–Crippen MR) is 72.5 cm³/mol. The van der Waals surface area contributed by atoms with Crippen LogP contribution >= 0.6 is 0 Å². The lowest BCUT2D eigenvalue weighted by atomic mass is 10.1. The first-order valence-electron chi connectivity index (χ1n) is 7.24. The van der Waals surface area contributed by atoms with Gasteiger partial charge in [0.15, 0.2) is 0 Å². The Morgan fingerprint density at radius 3 is 3.06 bits per heavy atom. The molecule has 1 aromatic heterocycles. The summed E-state index contributed by atoms with van der Waals surface area (Å²) in [7, 11) is 0. The fourth-order valence-corrected chi connectivity index (χ4v) is 3.46. The van der Waals surface area contributed by atoms with Crippen LogP contribution in [-0.2, 0) is 6.54 Å². The SMILES string of the molecule is CC(C)NCc1cncn1C1CCN2CCCC12. The molecule has 0 bridgehead atoms. The summed E-state index contributed by atoms with van der Waals surface area (Å²) in [5.41, 5.74) is 1.34. The van der Waals surface area contributed by atoms with E-state index < -0.39 is 0 Å². The maximum absolute atomic E-state index is 4.36. The summed E-state index contributed by atoms with van der Waals surface area (Å²) in [5, 5.41) is 3.50. The summed E-state index contributed by atoms with van der Waals surface area (Å²) >= 11 is 0. The highest BCUT2D eigenvalue weighted by atomic mass is 15.3. The third kappa shape index (κ3) is 2.19. The Balaban J connectivity index is 1.74.